The molecule has 0 bridgehead atoms. The molecule has 0 radical (unpaired) electrons. The lowest BCUT2D eigenvalue weighted by atomic mass is 9.91. The van der Waals surface area contributed by atoms with Gasteiger partial charge in [-0.1, -0.05) is 57.0 Å². The Morgan fingerprint density at radius 2 is 1.77 bits per heavy atom. The van der Waals surface area contributed by atoms with E-state index in [9.17, 15) is 0 Å². The zero-order chi connectivity index (χ0) is 9.52. The third-order valence-electron chi connectivity index (χ3n) is 2.67. The highest BCUT2D eigenvalue weighted by Gasteiger charge is 2.06. The topological polar surface area (TPSA) is 0 Å². The van der Waals surface area contributed by atoms with Gasteiger partial charge in [-0.3, -0.25) is 0 Å². The van der Waals surface area contributed by atoms with Crippen LogP contribution in [0.4, 0.5) is 0 Å². The molecular weight excluding hydrogens is 156 g/mol. The van der Waals surface area contributed by atoms with Gasteiger partial charge in [-0.25, -0.2) is 0 Å². The lowest BCUT2D eigenvalue weighted by Crippen LogP contribution is -1.96. The maximum Gasteiger partial charge on any atom is -0.0165 e. The summed E-state index contributed by atoms with van der Waals surface area (Å²) >= 11 is 0. The Morgan fingerprint density at radius 1 is 1.08 bits per heavy atom. The summed E-state index contributed by atoms with van der Waals surface area (Å²) in [4.78, 5) is 0. The Hall–Kier alpha value is -0.780. The van der Waals surface area contributed by atoms with Gasteiger partial charge in [0.25, 0.3) is 0 Å². The lowest BCUT2D eigenvalue weighted by molar-refractivity contribution is 0.570. The first-order valence-electron chi connectivity index (χ1n) is 5.43. The van der Waals surface area contributed by atoms with Gasteiger partial charge in [0.1, 0.15) is 0 Å². The van der Waals surface area contributed by atoms with E-state index in [0.717, 1.165) is 5.92 Å². The molecule has 1 aromatic carbocycles. The van der Waals surface area contributed by atoms with Crippen molar-refractivity contribution in [3.63, 3.8) is 0 Å². The largest absolute Gasteiger partial charge is 0.0654 e. The molecule has 0 amide bonds. The standard InChI is InChI=1S/C13H20/c1-3-5-9-12(4-2)13-10-7-6-8-11-13/h6-8,10-12H,3-5,9H2,1-2H3. The van der Waals surface area contributed by atoms with Crippen molar-refractivity contribution in [2.45, 2.75) is 45.4 Å². The highest BCUT2D eigenvalue weighted by atomic mass is 14.1. The fraction of sp³-hybridized carbons (Fsp3) is 0.538. The molecule has 72 valence electrons. The molecule has 0 saturated carbocycles. The molecule has 1 unspecified atom stereocenters. The zero-order valence-electron chi connectivity index (χ0n) is 8.79. The van der Waals surface area contributed by atoms with Gasteiger partial charge < -0.3 is 0 Å². The molecular formula is C13H20. The van der Waals surface area contributed by atoms with Gasteiger partial charge in [0.2, 0.25) is 0 Å². The smallest absolute Gasteiger partial charge is 0.0165 e. The van der Waals surface area contributed by atoms with Crippen molar-refractivity contribution >= 4 is 0 Å². The summed E-state index contributed by atoms with van der Waals surface area (Å²) in [6.45, 7) is 4.55. The average Bonchev–Trinajstić information content (AvgIpc) is 2.21. The molecule has 0 aliphatic heterocycles. The van der Waals surface area contributed by atoms with Crippen LogP contribution in [0.15, 0.2) is 30.3 Å². The predicted octanol–water partition coefficient (Wildman–Crippen LogP) is 4.37. The fourth-order valence-electron chi connectivity index (χ4n) is 1.78. The van der Waals surface area contributed by atoms with E-state index >= 15 is 0 Å². The Morgan fingerprint density at radius 3 is 2.31 bits per heavy atom. The summed E-state index contributed by atoms with van der Waals surface area (Å²) in [5, 5.41) is 0. The molecule has 0 aliphatic rings. The maximum atomic E-state index is 2.29. The summed E-state index contributed by atoms with van der Waals surface area (Å²) in [6.07, 6.45) is 5.28. The number of hydrogen-bond acceptors (Lipinski definition) is 0. The second kappa shape index (κ2) is 5.80. The predicted molar refractivity (Wildman–Crippen MR) is 59.0 cm³/mol. The Labute approximate surface area is 82.0 Å². The monoisotopic (exact) mass is 176 g/mol. The molecule has 0 nitrogen and oxygen atoms in total. The molecule has 0 heterocycles. The van der Waals surface area contributed by atoms with E-state index in [1.807, 2.05) is 0 Å². The summed E-state index contributed by atoms with van der Waals surface area (Å²) in [7, 11) is 0. The van der Waals surface area contributed by atoms with Gasteiger partial charge >= 0.3 is 0 Å². The molecule has 13 heavy (non-hydrogen) atoms. The third-order valence-corrected chi connectivity index (χ3v) is 2.67. The SMILES string of the molecule is CCCCC(CC)c1ccccc1. The summed E-state index contributed by atoms with van der Waals surface area (Å²) in [5.74, 6) is 0.779. The zero-order valence-corrected chi connectivity index (χ0v) is 8.79. The van der Waals surface area contributed by atoms with Crippen LogP contribution in [0.3, 0.4) is 0 Å². The minimum absolute atomic E-state index is 0.779. The van der Waals surface area contributed by atoms with Crippen LogP contribution < -0.4 is 0 Å². The van der Waals surface area contributed by atoms with E-state index in [1.54, 1.807) is 0 Å². The molecule has 0 fully saturated rings. The van der Waals surface area contributed by atoms with Gasteiger partial charge in [-0.15, -0.1) is 0 Å². The van der Waals surface area contributed by atoms with Crippen molar-refractivity contribution in [2.75, 3.05) is 0 Å². The van der Waals surface area contributed by atoms with Gasteiger partial charge in [0, 0.05) is 0 Å². The summed E-state index contributed by atoms with van der Waals surface area (Å²) in [5.41, 5.74) is 1.51. The molecule has 0 aromatic heterocycles. The quantitative estimate of drug-likeness (QED) is 0.625. The lowest BCUT2D eigenvalue weighted by Gasteiger charge is -2.14. The summed E-state index contributed by atoms with van der Waals surface area (Å²) < 4.78 is 0. The highest BCUT2D eigenvalue weighted by molar-refractivity contribution is 5.19. The van der Waals surface area contributed by atoms with Crippen LogP contribution in [0.5, 0.6) is 0 Å². The van der Waals surface area contributed by atoms with Crippen molar-refractivity contribution in [1.82, 2.24) is 0 Å². The maximum absolute atomic E-state index is 2.29. The van der Waals surface area contributed by atoms with Crippen LogP contribution in [0.1, 0.15) is 51.0 Å². The van der Waals surface area contributed by atoms with Gasteiger partial charge in [-0.2, -0.15) is 0 Å². The van der Waals surface area contributed by atoms with Crippen LogP contribution >= 0.6 is 0 Å². The first-order chi connectivity index (χ1) is 6.38. The van der Waals surface area contributed by atoms with Crippen LogP contribution in [-0.4, -0.2) is 0 Å². The normalized spacial score (nSPS) is 12.8. The first kappa shape index (κ1) is 10.3. The van der Waals surface area contributed by atoms with Crippen molar-refractivity contribution in [2.24, 2.45) is 0 Å². The van der Waals surface area contributed by atoms with E-state index in [2.05, 4.69) is 44.2 Å². The fourth-order valence-corrected chi connectivity index (χ4v) is 1.78. The average molecular weight is 176 g/mol. The van der Waals surface area contributed by atoms with E-state index in [4.69, 9.17) is 0 Å². The van der Waals surface area contributed by atoms with E-state index in [1.165, 1.54) is 31.2 Å². The Kier molecular flexibility index (Phi) is 4.59. The number of unbranched alkanes of at least 4 members (excludes halogenated alkanes) is 1. The van der Waals surface area contributed by atoms with Crippen molar-refractivity contribution in [1.29, 1.82) is 0 Å². The number of hydrogen-bond donors (Lipinski definition) is 0. The first-order valence-corrected chi connectivity index (χ1v) is 5.43. The molecule has 1 aromatic rings. The van der Waals surface area contributed by atoms with Crippen molar-refractivity contribution in [3.8, 4) is 0 Å². The van der Waals surface area contributed by atoms with Crippen molar-refractivity contribution in [3.05, 3.63) is 35.9 Å². The molecule has 1 rings (SSSR count). The third kappa shape index (κ3) is 3.22. The van der Waals surface area contributed by atoms with Crippen molar-refractivity contribution < 1.29 is 0 Å². The van der Waals surface area contributed by atoms with Gasteiger partial charge in [-0.05, 0) is 24.3 Å². The van der Waals surface area contributed by atoms with Gasteiger partial charge in [0.05, 0.1) is 0 Å². The van der Waals surface area contributed by atoms with E-state index < -0.39 is 0 Å². The molecule has 0 heteroatoms. The molecule has 1 atom stereocenters. The van der Waals surface area contributed by atoms with E-state index in [-0.39, 0.29) is 0 Å². The molecule has 0 N–H and O–H groups in total. The second-order valence-electron chi connectivity index (χ2n) is 3.66. The number of benzene rings is 1. The van der Waals surface area contributed by atoms with Crippen LogP contribution in [-0.2, 0) is 0 Å². The Balaban J connectivity index is 2.56. The molecule has 0 saturated heterocycles. The van der Waals surface area contributed by atoms with Crippen LogP contribution in [0.2, 0.25) is 0 Å². The number of rotatable bonds is 5. The second-order valence-corrected chi connectivity index (χ2v) is 3.66. The molecule has 0 aliphatic carbocycles. The van der Waals surface area contributed by atoms with E-state index in [0.29, 0.717) is 0 Å². The molecule has 0 spiro atoms. The highest BCUT2D eigenvalue weighted by Crippen LogP contribution is 2.24. The minimum Gasteiger partial charge on any atom is -0.0654 e. The van der Waals surface area contributed by atoms with Crippen LogP contribution in [0.25, 0.3) is 0 Å². The Bertz CT molecular complexity index is 213. The van der Waals surface area contributed by atoms with Crippen LogP contribution in [0, 0.1) is 0 Å². The minimum atomic E-state index is 0.779. The van der Waals surface area contributed by atoms with Gasteiger partial charge in [0.15, 0.2) is 0 Å². The summed E-state index contributed by atoms with van der Waals surface area (Å²) in [6, 6.07) is 10.9.